The summed E-state index contributed by atoms with van der Waals surface area (Å²) in [7, 11) is 1.71. The van der Waals surface area contributed by atoms with Gasteiger partial charge in [-0.3, -0.25) is 0 Å². The quantitative estimate of drug-likeness (QED) is 0.805. The minimum atomic E-state index is -1.44. The van der Waals surface area contributed by atoms with Crippen LogP contribution in [-0.4, -0.2) is 7.05 Å². The zero-order chi connectivity index (χ0) is 15.8. The lowest BCUT2D eigenvalue weighted by atomic mass is 9.95. The van der Waals surface area contributed by atoms with E-state index in [1.807, 2.05) is 12.1 Å². The zero-order valence-corrected chi connectivity index (χ0v) is 13.2. The molecule has 0 fully saturated rings. The predicted molar refractivity (Wildman–Crippen MR) is 80.2 cm³/mol. The number of hydrogen-bond acceptors (Lipinski definition) is 2. The molecule has 1 unspecified atom stereocenters. The van der Waals surface area contributed by atoms with Crippen LogP contribution in [0.4, 0.5) is 13.2 Å². The average Bonchev–Trinajstić information content (AvgIpc) is 2.86. The van der Waals surface area contributed by atoms with Gasteiger partial charge in [-0.05, 0) is 42.3 Å². The van der Waals surface area contributed by atoms with Crippen molar-refractivity contribution >= 4 is 11.3 Å². The van der Waals surface area contributed by atoms with Gasteiger partial charge in [0.1, 0.15) is 0 Å². The van der Waals surface area contributed by atoms with Gasteiger partial charge in [-0.25, -0.2) is 13.2 Å². The van der Waals surface area contributed by atoms with Crippen LogP contribution in [0, 0.1) is 17.5 Å². The third-order valence-corrected chi connectivity index (χ3v) is 4.85. The van der Waals surface area contributed by atoms with Gasteiger partial charge in [0.2, 0.25) is 0 Å². The first kappa shape index (κ1) is 16.0. The van der Waals surface area contributed by atoms with Gasteiger partial charge in [-0.2, -0.15) is 0 Å². The van der Waals surface area contributed by atoms with Crippen molar-refractivity contribution in [1.82, 2.24) is 5.32 Å². The van der Waals surface area contributed by atoms with Crippen LogP contribution in [0.25, 0.3) is 0 Å². The van der Waals surface area contributed by atoms with Gasteiger partial charge >= 0.3 is 0 Å². The van der Waals surface area contributed by atoms with Gasteiger partial charge in [-0.1, -0.05) is 20.8 Å². The summed E-state index contributed by atoms with van der Waals surface area (Å²) < 4.78 is 39.9. The van der Waals surface area contributed by atoms with E-state index in [1.165, 1.54) is 4.88 Å². The summed E-state index contributed by atoms with van der Waals surface area (Å²) in [5.74, 6) is -3.77. The lowest BCUT2D eigenvalue weighted by Gasteiger charge is -2.18. The largest absolute Gasteiger partial charge is 0.309 e. The second kappa shape index (κ2) is 5.81. The Kier molecular flexibility index (Phi) is 4.44. The van der Waals surface area contributed by atoms with Crippen molar-refractivity contribution in [3.8, 4) is 0 Å². The van der Waals surface area contributed by atoms with Gasteiger partial charge in [0.05, 0.1) is 6.04 Å². The smallest absolute Gasteiger partial charge is 0.194 e. The average molecular weight is 313 g/mol. The summed E-state index contributed by atoms with van der Waals surface area (Å²) in [4.78, 5) is 2.12. The molecule has 0 aliphatic rings. The summed E-state index contributed by atoms with van der Waals surface area (Å²) in [6, 6.07) is 5.66. The monoisotopic (exact) mass is 313 g/mol. The van der Waals surface area contributed by atoms with Gasteiger partial charge in [0.15, 0.2) is 17.5 Å². The molecule has 0 saturated heterocycles. The Balaban J connectivity index is 2.43. The van der Waals surface area contributed by atoms with E-state index in [0.717, 1.165) is 17.0 Å². The van der Waals surface area contributed by atoms with Crippen LogP contribution in [0.3, 0.4) is 0 Å². The summed E-state index contributed by atoms with van der Waals surface area (Å²) >= 11 is 1.58. The van der Waals surface area contributed by atoms with Crippen molar-refractivity contribution in [2.45, 2.75) is 32.2 Å². The van der Waals surface area contributed by atoms with Crippen molar-refractivity contribution in [2.24, 2.45) is 0 Å². The fraction of sp³-hybridized carbons (Fsp3) is 0.375. The van der Waals surface area contributed by atoms with Gasteiger partial charge in [-0.15, -0.1) is 11.3 Å². The Morgan fingerprint density at radius 1 is 1.05 bits per heavy atom. The molecule has 114 valence electrons. The molecule has 2 rings (SSSR count). The second-order valence-electron chi connectivity index (χ2n) is 5.97. The molecule has 1 nitrogen and oxygen atoms in total. The van der Waals surface area contributed by atoms with Gasteiger partial charge < -0.3 is 5.32 Å². The molecule has 0 aliphatic heterocycles. The molecular formula is C16H18F3NS. The van der Waals surface area contributed by atoms with Crippen LogP contribution >= 0.6 is 11.3 Å². The van der Waals surface area contributed by atoms with E-state index in [2.05, 4.69) is 26.1 Å². The number of benzene rings is 1. The number of rotatable bonds is 3. The maximum atomic E-state index is 13.4. The zero-order valence-electron chi connectivity index (χ0n) is 12.4. The maximum absolute atomic E-state index is 13.4. The van der Waals surface area contributed by atoms with E-state index < -0.39 is 17.5 Å². The number of hydrogen-bond donors (Lipinski definition) is 1. The topological polar surface area (TPSA) is 12.0 Å². The molecule has 0 spiro atoms. The summed E-state index contributed by atoms with van der Waals surface area (Å²) in [6.07, 6.45) is 0. The van der Waals surface area contributed by atoms with Crippen molar-refractivity contribution in [3.63, 3.8) is 0 Å². The summed E-state index contributed by atoms with van der Waals surface area (Å²) in [5, 5.41) is 3.03. The molecule has 1 N–H and O–H groups in total. The molecule has 1 aromatic carbocycles. The second-order valence-corrected chi connectivity index (χ2v) is 7.09. The molecule has 2 aromatic rings. The van der Waals surface area contributed by atoms with E-state index in [-0.39, 0.29) is 11.5 Å². The molecule has 0 aliphatic carbocycles. The highest BCUT2D eigenvalue weighted by Gasteiger charge is 2.22. The molecule has 1 aromatic heterocycles. The third-order valence-electron chi connectivity index (χ3n) is 3.28. The highest BCUT2D eigenvalue weighted by atomic mass is 32.1. The van der Waals surface area contributed by atoms with Crippen molar-refractivity contribution in [3.05, 3.63) is 57.0 Å². The molecule has 1 atom stereocenters. The maximum Gasteiger partial charge on any atom is 0.194 e. The first-order valence-electron chi connectivity index (χ1n) is 6.66. The number of halogens is 3. The van der Waals surface area contributed by atoms with Crippen LogP contribution in [0.1, 0.15) is 42.1 Å². The Hall–Kier alpha value is -1.33. The number of thiophene rings is 1. The Bertz CT molecular complexity index is 620. The molecule has 5 heteroatoms. The minimum Gasteiger partial charge on any atom is -0.309 e. The SMILES string of the molecule is CNC(c1cc(F)c(F)c(F)c1)c1ccc(C(C)(C)C)s1. The first-order chi connectivity index (χ1) is 9.74. The van der Waals surface area contributed by atoms with Gasteiger partial charge in [0, 0.05) is 9.75 Å². The Morgan fingerprint density at radius 3 is 2.05 bits per heavy atom. The molecule has 1 heterocycles. The molecule has 0 amide bonds. The van der Waals surface area contributed by atoms with Crippen LogP contribution in [0.5, 0.6) is 0 Å². The van der Waals surface area contributed by atoms with E-state index in [9.17, 15) is 13.2 Å². The lowest BCUT2D eigenvalue weighted by molar-refractivity contribution is 0.443. The first-order valence-corrected chi connectivity index (χ1v) is 7.47. The highest BCUT2D eigenvalue weighted by molar-refractivity contribution is 7.12. The molecular weight excluding hydrogens is 295 g/mol. The van der Waals surface area contributed by atoms with E-state index in [0.29, 0.717) is 5.56 Å². The summed E-state index contributed by atoms with van der Waals surface area (Å²) in [6.45, 7) is 6.32. The van der Waals surface area contributed by atoms with Crippen LogP contribution in [-0.2, 0) is 5.41 Å². The summed E-state index contributed by atoms with van der Waals surface area (Å²) in [5.41, 5.74) is 0.386. The minimum absolute atomic E-state index is 0.0144. The fourth-order valence-corrected chi connectivity index (χ4v) is 3.33. The Labute approximate surface area is 126 Å². The van der Waals surface area contributed by atoms with E-state index in [1.54, 1.807) is 18.4 Å². The molecule has 0 bridgehead atoms. The number of nitrogens with one attached hydrogen (secondary N) is 1. The normalized spacial score (nSPS) is 13.5. The third kappa shape index (κ3) is 3.30. The van der Waals surface area contributed by atoms with Crippen molar-refractivity contribution in [1.29, 1.82) is 0 Å². The fourth-order valence-electron chi connectivity index (χ4n) is 2.13. The highest BCUT2D eigenvalue weighted by Crippen LogP contribution is 2.35. The Morgan fingerprint density at radius 2 is 1.62 bits per heavy atom. The predicted octanol–water partition coefficient (Wildman–Crippen LogP) is 4.77. The van der Waals surface area contributed by atoms with Crippen LogP contribution < -0.4 is 5.32 Å². The standard InChI is InChI=1S/C16H18F3NS/c1-16(2,3)13-6-5-12(21-13)15(20-4)9-7-10(17)14(19)11(18)8-9/h5-8,15,20H,1-4H3. The van der Waals surface area contributed by atoms with E-state index >= 15 is 0 Å². The van der Waals surface area contributed by atoms with Gasteiger partial charge in [0.25, 0.3) is 0 Å². The molecule has 21 heavy (non-hydrogen) atoms. The van der Waals surface area contributed by atoms with Crippen molar-refractivity contribution < 1.29 is 13.2 Å². The van der Waals surface area contributed by atoms with Crippen molar-refractivity contribution in [2.75, 3.05) is 7.05 Å². The van der Waals surface area contributed by atoms with Crippen LogP contribution in [0.15, 0.2) is 24.3 Å². The van der Waals surface area contributed by atoms with E-state index in [4.69, 9.17) is 0 Å². The molecule has 0 saturated carbocycles. The van der Waals surface area contributed by atoms with Crippen LogP contribution in [0.2, 0.25) is 0 Å². The lowest BCUT2D eigenvalue weighted by Crippen LogP contribution is -2.17. The molecule has 0 radical (unpaired) electrons.